The number of halogens is 2. The van der Waals surface area contributed by atoms with Crippen molar-refractivity contribution in [1.82, 2.24) is 9.78 Å². The van der Waals surface area contributed by atoms with Crippen LogP contribution in [0.15, 0.2) is 77.6 Å². The minimum Gasteiger partial charge on any atom is -0.448 e. The molecular formula is C24H17ClFN3O4. The molecule has 0 saturated heterocycles. The van der Waals surface area contributed by atoms with E-state index in [0.29, 0.717) is 5.69 Å². The number of anilines is 1. The van der Waals surface area contributed by atoms with Gasteiger partial charge in [0.25, 0.3) is 11.5 Å². The quantitative estimate of drug-likeness (QED) is 0.442. The third-order valence-corrected chi connectivity index (χ3v) is 5.08. The number of carbonyl (C=O) groups excluding carboxylic acids is 2. The van der Waals surface area contributed by atoms with Crippen molar-refractivity contribution < 1.29 is 18.7 Å². The number of hydrogen-bond donors (Lipinski definition) is 1. The monoisotopic (exact) mass is 465 g/mol. The average Bonchev–Trinajstić information content (AvgIpc) is 2.81. The summed E-state index contributed by atoms with van der Waals surface area (Å²) in [7, 11) is 0. The van der Waals surface area contributed by atoms with E-state index >= 15 is 0 Å². The number of rotatable bonds is 5. The lowest BCUT2D eigenvalue weighted by Crippen LogP contribution is -2.32. The van der Waals surface area contributed by atoms with Gasteiger partial charge in [0.15, 0.2) is 11.8 Å². The SMILES string of the molecule is CC(OC(=O)c1nn(-c2ccccc2)c(=O)c2ccccc12)C(=O)Nc1ccc(Cl)cc1F. The molecule has 166 valence electrons. The molecule has 1 atom stereocenters. The first-order valence-electron chi connectivity index (χ1n) is 9.89. The lowest BCUT2D eigenvalue weighted by molar-refractivity contribution is -0.123. The molecule has 0 spiro atoms. The predicted octanol–water partition coefficient (Wildman–Crippen LogP) is 4.36. The van der Waals surface area contributed by atoms with E-state index in [1.807, 2.05) is 0 Å². The van der Waals surface area contributed by atoms with Crippen LogP contribution in [0.2, 0.25) is 5.02 Å². The zero-order valence-electron chi connectivity index (χ0n) is 17.3. The van der Waals surface area contributed by atoms with Gasteiger partial charge in [0.05, 0.1) is 16.8 Å². The standard InChI is InChI=1S/C24H17ClFN3O4/c1-14(22(30)27-20-12-11-15(25)13-19(20)26)33-24(32)21-17-9-5-6-10-18(17)23(31)29(28-21)16-7-3-2-4-8-16/h2-14H,1H3,(H,27,30). The van der Waals surface area contributed by atoms with Gasteiger partial charge < -0.3 is 10.1 Å². The highest BCUT2D eigenvalue weighted by atomic mass is 35.5. The Hall–Kier alpha value is -4.04. The Morgan fingerprint density at radius 1 is 1.03 bits per heavy atom. The third-order valence-electron chi connectivity index (χ3n) is 4.84. The van der Waals surface area contributed by atoms with E-state index in [2.05, 4.69) is 10.4 Å². The molecule has 4 rings (SSSR count). The molecule has 1 N–H and O–H groups in total. The number of amides is 1. The minimum atomic E-state index is -1.27. The molecule has 9 heteroatoms. The highest BCUT2D eigenvalue weighted by molar-refractivity contribution is 6.30. The van der Waals surface area contributed by atoms with Crippen LogP contribution >= 0.6 is 11.6 Å². The van der Waals surface area contributed by atoms with Gasteiger partial charge in [0, 0.05) is 10.4 Å². The molecule has 0 radical (unpaired) electrons. The highest BCUT2D eigenvalue weighted by Gasteiger charge is 2.24. The predicted molar refractivity (Wildman–Crippen MR) is 122 cm³/mol. The van der Waals surface area contributed by atoms with Crippen molar-refractivity contribution in [3.8, 4) is 5.69 Å². The summed E-state index contributed by atoms with van der Waals surface area (Å²) in [6, 6.07) is 18.9. The maximum Gasteiger partial charge on any atom is 0.360 e. The lowest BCUT2D eigenvalue weighted by Gasteiger charge is -2.15. The van der Waals surface area contributed by atoms with Gasteiger partial charge in [-0.2, -0.15) is 9.78 Å². The summed E-state index contributed by atoms with van der Waals surface area (Å²) in [6.07, 6.45) is -1.27. The number of para-hydroxylation sites is 1. The number of nitrogens with one attached hydrogen (secondary N) is 1. The van der Waals surface area contributed by atoms with Crippen LogP contribution in [0.1, 0.15) is 17.4 Å². The van der Waals surface area contributed by atoms with Crippen molar-refractivity contribution in [3.05, 3.63) is 99.7 Å². The Labute approximate surface area is 192 Å². The van der Waals surface area contributed by atoms with Gasteiger partial charge in [-0.05, 0) is 43.3 Å². The molecule has 0 bridgehead atoms. The van der Waals surface area contributed by atoms with Gasteiger partial charge in [0.2, 0.25) is 0 Å². The van der Waals surface area contributed by atoms with E-state index < -0.39 is 29.4 Å². The van der Waals surface area contributed by atoms with E-state index in [1.54, 1.807) is 54.6 Å². The van der Waals surface area contributed by atoms with E-state index in [9.17, 15) is 18.8 Å². The molecule has 1 aromatic heterocycles. The second-order valence-electron chi connectivity index (χ2n) is 7.11. The van der Waals surface area contributed by atoms with Gasteiger partial charge in [-0.15, -0.1) is 0 Å². The normalized spacial score (nSPS) is 11.7. The second-order valence-corrected chi connectivity index (χ2v) is 7.54. The average molecular weight is 466 g/mol. The first-order chi connectivity index (χ1) is 15.8. The summed E-state index contributed by atoms with van der Waals surface area (Å²) in [5.41, 5.74) is -0.177. The number of benzene rings is 3. The molecular weight excluding hydrogens is 449 g/mol. The molecule has 0 aliphatic rings. The summed E-state index contributed by atoms with van der Waals surface area (Å²) >= 11 is 5.72. The molecule has 1 amide bonds. The Balaban J connectivity index is 1.64. The zero-order valence-corrected chi connectivity index (χ0v) is 18.0. The van der Waals surface area contributed by atoms with Crippen LogP contribution < -0.4 is 10.9 Å². The van der Waals surface area contributed by atoms with Crippen molar-refractivity contribution in [1.29, 1.82) is 0 Å². The summed E-state index contributed by atoms with van der Waals surface area (Å²) in [5.74, 6) is -2.38. The fourth-order valence-electron chi connectivity index (χ4n) is 3.18. The first-order valence-corrected chi connectivity index (χ1v) is 10.3. The molecule has 4 aromatic rings. The van der Waals surface area contributed by atoms with E-state index in [0.717, 1.165) is 10.7 Å². The van der Waals surface area contributed by atoms with Gasteiger partial charge >= 0.3 is 5.97 Å². The van der Waals surface area contributed by atoms with Crippen LogP contribution in [0.3, 0.4) is 0 Å². The molecule has 0 aliphatic carbocycles. The van der Waals surface area contributed by atoms with E-state index in [4.69, 9.17) is 16.3 Å². The summed E-state index contributed by atoms with van der Waals surface area (Å²) in [6.45, 7) is 1.34. The fourth-order valence-corrected chi connectivity index (χ4v) is 3.34. The van der Waals surface area contributed by atoms with Gasteiger partial charge in [-0.25, -0.2) is 9.18 Å². The van der Waals surface area contributed by atoms with Crippen LogP contribution in [-0.4, -0.2) is 27.8 Å². The van der Waals surface area contributed by atoms with Gasteiger partial charge in [-0.1, -0.05) is 48.0 Å². The second kappa shape index (κ2) is 9.22. The Bertz CT molecular complexity index is 1420. The maximum atomic E-state index is 14.0. The first kappa shape index (κ1) is 22.2. The van der Waals surface area contributed by atoms with E-state index in [1.165, 1.54) is 19.1 Å². The largest absolute Gasteiger partial charge is 0.448 e. The lowest BCUT2D eigenvalue weighted by atomic mass is 10.1. The summed E-state index contributed by atoms with van der Waals surface area (Å²) < 4.78 is 20.4. The summed E-state index contributed by atoms with van der Waals surface area (Å²) in [5, 5.41) is 7.30. The van der Waals surface area contributed by atoms with Gasteiger partial charge in [-0.3, -0.25) is 9.59 Å². The van der Waals surface area contributed by atoms with Crippen LogP contribution in [0, 0.1) is 5.82 Å². The smallest absolute Gasteiger partial charge is 0.360 e. The molecule has 1 unspecified atom stereocenters. The van der Waals surface area contributed by atoms with Crippen molar-refractivity contribution in [3.63, 3.8) is 0 Å². The number of ether oxygens (including phenoxy) is 1. The van der Waals surface area contributed by atoms with Gasteiger partial charge in [0.1, 0.15) is 5.82 Å². The molecule has 33 heavy (non-hydrogen) atoms. The minimum absolute atomic E-state index is 0.103. The number of esters is 1. The van der Waals surface area contributed by atoms with Crippen LogP contribution in [-0.2, 0) is 9.53 Å². The molecule has 0 saturated carbocycles. The number of carbonyl (C=O) groups is 2. The zero-order chi connectivity index (χ0) is 23.5. The van der Waals surface area contributed by atoms with E-state index in [-0.39, 0.29) is 27.2 Å². The van der Waals surface area contributed by atoms with Crippen molar-refractivity contribution in [2.75, 3.05) is 5.32 Å². The number of hydrogen-bond acceptors (Lipinski definition) is 5. The van der Waals surface area contributed by atoms with Crippen LogP contribution in [0.5, 0.6) is 0 Å². The van der Waals surface area contributed by atoms with Crippen molar-refractivity contribution >= 4 is 39.9 Å². The molecule has 3 aromatic carbocycles. The molecule has 1 heterocycles. The third kappa shape index (κ3) is 4.61. The molecule has 7 nitrogen and oxygen atoms in total. The molecule has 0 aliphatic heterocycles. The maximum absolute atomic E-state index is 14.0. The Kier molecular flexibility index (Phi) is 6.19. The highest BCUT2D eigenvalue weighted by Crippen LogP contribution is 2.20. The van der Waals surface area contributed by atoms with Crippen LogP contribution in [0.4, 0.5) is 10.1 Å². The Morgan fingerprint density at radius 2 is 1.70 bits per heavy atom. The number of aromatic nitrogens is 2. The topological polar surface area (TPSA) is 90.3 Å². The van der Waals surface area contributed by atoms with Crippen molar-refractivity contribution in [2.24, 2.45) is 0 Å². The number of fused-ring (bicyclic) bond motifs is 1. The van der Waals surface area contributed by atoms with Crippen LogP contribution in [0.25, 0.3) is 16.5 Å². The fraction of sp³-hybridized carbons (Fsp3) is 0.0833. The number of nitrogens with zero attached hydrogens (tertiary/aromatic N) is 2. The molecule has 0 fully saturated rings. The van der Waals surface area contributed by atoms with Crippen molar-refractivity contribution in [2.45, 2.75) is 13.0 Å². The summed E-state index contributed by atoms with van der Waals surface area (Å²) in [4.78, 5) is 38.4. The Morgan fingerprint density at radius 3 is 2.39 bits per heavy atom.